The minimum Gasteiger partial charge on any atom is -0.372 e. The lowest BCUT2D eigenvalue weighted by Crippen LogP contribution is -2.29. The van der Waals surface area contributed by atoms with Crippen molar-refractivity contribution in [1.82, 2.24) is 4.98 Å². The lowest BCUT2D eigenvalue weighted by Gasteiger charge is -2.29. The van der Waals surface area contributed by atoms with Gasteiger partial charge in [0.05, 0.1) is 16.8 Å². The highest BCUT2D eigenvalue weighted by atomic mass is 15.2. The Morgan fingerprint density at radius 2 is 2.05 bits per heavy atom. The molecule has 0 atom stereocenters. The number of nitrogens with two attached hydrogens (primary N) is 1. The largest absolute Gasteiger partial charge is 0.372 e. The van der Waals surface area contributed by atoms with E-state index < -0.39 is 0 Å². The molecule has 0 amide bonds. The van der Waals surface area contributed by atoms with Gasteiger partial charge in [0.2, 0.25) is 0 Å². The zero-order valence-electron chi connectivity index (χ0n) is 11.3. The van der Waals surface area contributed by atoms with Crippen LogP contribution >= 0.6 is 0 Å². The van der Waals surface area contributed by atoms with E-state index in [2.05, 4.69) is 33.5 Å². The summed E-state index contributed by atoms with van der Waals surface area (Å²) < 4.78 is 0. The minimum absolute atomic E-state index is 0.468. The number of hydrogen-bond donors (Lipinski definition) is 2. The van der Waals surface area contributed by atoms with Crippen LogP contribution in [0.5, 0.6) is 0 Å². The third kappa shape index (κ3) is 2.15. The van der Waals surface area contributed by atoms with Crippen molar-refractivity contribution in [3.63, 3.8) is 0 Å². The Balaban J connectivity index is 2.11. The topological polar surface area (TPSA) is 78.0 Å². The summed E-state index contributed by atoms with van der Waals surface area (Å²) in [5, 5.41) is 10.0. The second-order valence-electron chi connectivity index (χ2n) is 5.05. The molecule has 0 bridgehead atoms. The van der Waals surface area contributed by atoms with Gasteiger partial charge in [-0.15, -0.1) is 0 Å². The maximum Gasteiger partial charge on any atom is 0.103 e. The molecule has 3 rings (SSSR count). The van der Waals surface area contributed by atoms with E-state index in [-0.39, 0.29) is 0 Å². The molecule has 20 heavy (non-hydrogen) atoms. The number of pyridine rings is 1. The molecule has 1 aliphatic heterocycles. The predicted molar refractivity (Wildman–Crippen MR) is 80.3 cm³/mol. The Kier molecular flexibility index (Phi) is 3.40. The van der Waals surface area contributed by atoms with Gasteiger partial charge in [-0.3, -0.25) is 10.8 Å². The number of nitriles is 1. The Hall–Kier alpha value is -2.32. The van der Waals surface area contributed by atoms with Crippen LogP contribution in [0.1, 0.15) is 24.8 Å². The van der Waals surface area contributed by atoms with Gasteiger partial charge in [0.1, 0.15) is 6.07 Å². The highest BCUT2D eigenvalue weighted by Crippen LogP contribution is 2.29. The molecule has 1 aliphatic rings. The summed E-state index contributed by atoms with van der Waals surface area (Å²) in [5.74, 6) is 5.58. The van der Waals surface area contributed by atoms with Crippen LogP contribution in [0.3, 0.4) is 0 Å². The summed E-state index contributed by atoms with van der Waals surface area (Å²) in [6, 6.07) is 8.27. The monoisotopic (exact) mass is 267 g/mol. The van der Waals surface area contributed by atoms with Gasteiger partial charge in [0.15, 0.2) is 0 Å². The molecule has 2 aromatic rings. The molecular weight excluding hydrogens is 250 g/mol. The molecule has 0 spiro atoms. The van der Waals surface area contributed by atoms with Gasteiger partial charge in [0, 0.05) is 30.4 Å². The molecule has 0 saturated carbocycles. The number of fused-ring (bicyclic) bond motifs is 1. The molecule has 0 aliphatic carbocycles. The summed E-state index contributed by atoms with van der Waals surface area (Å²) in [6.45, 7) is 2.17. The van der Waals surface area contributed by atoms with Gasteiger partial charge in [-0.25, -0.2) is 0 Å². The summed E-state index contributed by atoms with van der Waals surface area (Å²) in [5.41, 5.74) is 5.77. The molecule has 5 heteroatoms. The van der Waals surface area contributed by atoms with Crippen molar-refractivity contribution in [3.05, 3.63) is 30.0 Å². The fourth-order valence-corrected chi connectivity index (χ4v) is 2.77. The first-order valence-corrected chi connectivity index (χ1v) is 6.88. The Morgan fingerprint density at radius 3 is 2.75 bits per heavy atom. The third-order valence-corrected chi connectivity index (χ3v) is 3.84. The third-order valence-electron chi connectivity index (χ3n) is 3.84. The molecule has 1 saturated heterocycles. The van der Waals surface area contributed by atoms with Crippen LogP contribution in [-0.2, 0) is 0 Å². The van der Waals surface area contributed by atoms with Gasteiger partial charge in [-0.05, 0) is 37.5 Å². The first-order chi connectivity index (χ1) is 9.83. The SMILES string of the molecule is N#Cc1cnc2ccc(N3CCCCC3)cc2c1NN. The highest BCUT2D eigenvalue weighted by Gasteiger charge is 2.13. The smallest absolute Gasteiger partial charge is 0.103 e. The standard InChI is InChI=1S/C15H17N5/c16-9-11-10-18-14-5-4-12(8-13(14)15(11)19-17)20-6-2-1-3-7-20/h4-5,8,10H,1-3,6-7,17H2,(H,18,19). The van der Waals surface area contributed by atoms with Gasteiger partial charge < -0.3 is 10.3 Å². The molecule has 1 fully saturated rings. The van der Waals surface area contributed by atoms with Crippen molar-refractivity contribution < 1.29 is 0 Å². The number of nitrogens with zero attached hydrogens (tertiary/aromatic N) is 3. The number of benzene rings is 1. The number of hydrazine groups is 1. The fraction of sp³-hybridized carbons (Fsp3) is 0.333. The van der Waals surface area contributed by atoms with Crippen molar-refractivity contribution >= 4 is 22.3 Å². The number of piperidine rings is 1. The van der Waals surface area contributed by atoms with E-state index in [1.165, 1.54) is 24.9 Å². The first-order valence-electron chi connectivity index (χ1n) is 6.88. The average molecular weight is 267 g/mol. The quantitative estimate of drug-likeness (QED) is 0.645. The lowest BCUT2D eigenvalue weighted by atomic mass is 10.1. The molecule has 0 unspecified atom stereocenters. The number of anilines is 2. The van der Waals surface area contributed by atoms with Gasteiger partial charge >= 0.3 is 0 Å². The van der Waals surface area contributed by atoms with Crippen molar-refractivity contribution in [1.29, 1.82) is 5.26 Å². The van der Waals surface area contributed by atoms with Crippen LogP contribution in [0.15, 0.2) is 24.4 Å². The number of nitrogen functional groups attached to an aromatic ring is 1. The Morgan fingerprint density at radius 1 is 1.25 bits per heavy atom. The second kappa shape index (κ2) is 5.35. The Labute approximate surface area is 118 Å². The van der Waals surface area contributed by atoms with Crippen LogP contribution in [0.2, 0.25) is 0 Å². The summed E-state index contributed by atoms with van der Waals surface area (Å²) in [7, 11) is 0. The van der Waals surface area contributed by atoms with Crippen molar-refractivity contribution in [2.24, 2.45) is 5.84 Å². The summed E-state index contributed by atoms with van der Waals surface area (Å²) >= 11 is 0. The zero-order valence-corrected chi connectivity index (χ0v) is 11.3. The normalized spacial score (nSPS) is 15.1. The maximum atomic E-state index is 9.13. The van der Waals surface area contributed by atoms with E-state index >= 15 is 0 Å². The first kappa shape index (κ1) is 12.7. The number of rotatable bonds is 2. The highest BCUT2D eigenvalue weighted by molar-refractivity contribution is 5.95. The predicted octanol–water partition coefficient (Wildman–Crippen LogP) is 2.38. The van der Waals surface area contributed by atoms with E-state index in [1.807, 2.05) is 6.07 Å². The molecular formula is C15H17N5. The van der Waals surface area contributed by atoms with Crippen molar-refractivity contribution in [3.8, 4) is 6.07 Å². The Bertz CT molecular complexity index is 668. The van der Waals surface area contributed by atoms with Crippen LogP contribution in [0.25, 0.3) is 10.9 Å². The van der Waals surface area contributed by atoms with E-state index in [4.69, 9.17) is 11.1 Å². The van der Waals surface area contributed by atoms with E-state index in [9.17, 15) is 0 Å². The van der Waals surface area contributed by atoms with Crippen LogP contribution in [-0.4, -0.2) is 18.1 Å². The number of nitrogens with one attached hydrogen (secondary N) is 1. The van der Waals surface area contributed by atoms with Crippen LogP contribution in [0.4, 0.5) is 11.4 Å². The maximum absolute atomic E-state index is 9.13. The number of hydrogen-bond acceptors (Lipinski definition) is 5. The fourth-order valence-electron chi connectivity index (χ4n) is 2.77. The molecule has 1 aromatic carbocycles. The van der Waals surface area contributed by atoms with E-state index in [1.54, 1.807) is 6.20 Å². The second-order valence-corrected chi connectivity index (χ2v) is 5.05. The molecule has 102 valence electrons. The van der Waals surface area contributed by atoms with Gasteiger partial charge in [-0.2, -0.15) is 5.26 Å². The average Bonchev–Trinajstić information content (AvgIpc) is 2.54. The van der Waals surface area contributed by atoms with Crippen molar-refractivity contribution in [2.45, 2.75) is 19.3 Å². The minimum atomic E-state index is 0.468. The van der Waals surface area contributed by atoms with E-state index in [0.29, 0.717) is 11.3 Å². The van der Waals surface area contributed by atoms with Crippen molar-refractivity contribution in [2.75, 3.05) is 23.4 Å². The zero-order chi connectivity index (χ0) is 13.9. The van der Waals surface area contributed by atoms with Gasteiger partial charge in [0.25, 0.3) is 0 Å². The molecule has 1 aromatic heterocycles. The summed E-state index contributed by atoms with van der Waals surface area (Å²) in [6.07, 6.45) is 5.32. The molecule has 0 radical (unpaired) electrons. The lowest BCUT2D eigenvalue weighted by molar-refractivity contribution is 0.578. The van der Waals surface area contributed by atoms with E-state index in [0.717, 1.165) is 24.0 Å². The summed E-state index contributed by atoms with van der Waals surface area (Å²) in [4.78, 5) is 6.69. The molecule has 3 N–H and O–H groups in total. The van der Waals surface area contributed by atoms with Gasteiger partial charge in [-0.1, -0.05) is 0 Å². The van der Waals surface area contributed by atoms with Crippen LogP contribution in [0, 0.1) is 11.3 Å². The molecule has 2 heterocycles. The molecule has 5 nitrogen and oxygen atoms in total. The van der Waals surface area contributed by atoms with Crippen LogP contribution < -0.4 is 16.2 Å². The number of aromatic nitrogens is 1.